The van der Waals surface area contributed by atoms with Gasteiger partial charge in [-0.05, 0) is 97.0 Å². The van der Waals surface area contributed by atoms with E-state index in [4.69, 9.17) is 32.7 Å². The van der Waals surface area contributed by atoms with Crippen molar-refractivity contribution in [2.45, 2.75) is 50.2 Å². The van der Waals surface area contributed by atoms with Crippen molar-refractivity contribution in [3.05, 3.63) is 104 Å². The molecule has 10 heteroatoms. The zero-order valence-corrected chi connectivity index (χ0v) is 27.6. The van der Waals surface area contributed by atoms with Crippen molar-refractivity contribution < 1.29 is 23.9 Å². The number of nitrogens with one attached hydrogen (secondary N) is 1. The summed E-state index contributed by atoms with van der Waals surface area (Å²) in [7, 11) is 0. The van der Waals surface area contributed by atoms with Gasteiger partial charge in [-0.15, -0.1) is 0 Å². The van der Waals surface area contributed by atoms with Crippen molar-refractivity contribution in [3.8, 4) is 5.75 Å². The number of piperidine rings is 1. The predicted molar refractivity (Wildman–Crippen MR) is 176 cm³/mol. The van der Waals surface area contributed by atoms with Crippen LogP contribution in [0.2, 0.25) is 10.0 Å². The summed E-state index contributed by atoms with van der Waals surface area (Å²) in [5, 5.41) is 3.98. The van der Waals surface area contributed by atoms with Crippen molar-refractivity contribution >= 4 is 69.3 Å². The molecule has 0 unspecified atom stereocenters. The van der Waals surface area contributed by atoms with Crippen molar-refractivity contribution in [2.75, 3.05) is 18.5 Å². The number of amides is 2. The Bertz CT molecular complexity index is 1620. The molecule has 2 aliphatic rings. The number of fused-ring (bicyclic) bond motifs is 2. The molecule has 1 fully saturated rings. The van der Waals surface area contributed by atoms with E-state index in [0.29, 0.717) is 32.6 Å². The minimum Gasteiger partial charge on any atom is -0.489 e. The highest BCUT2D eigenvalue weighted by Gasteiger charge is 2.64. The molecule has 2 aliphatic heterocycles. The van der Waals surface area contributed by atoms with Gasteiger partial charge >= 0.3 is 5.97 Å². The van der Waals surface area contributed by atoms with Gasteiger partial charge in [0.1, 0.15) is 29.9 Å². The van der Waals surface area contributed by atoms with Crippen LogP contribution in [0, 0.1) is 3.57 Å². The standard InChI is InChI=1S/C33H31Cl2IN2O5/c1-5-13-42-27-12-10-22(36)16-23(27)30-33(24-11-9-21(35)15-26(24)37-31(33)41)25(19-7-6-8-20(34)14-19)17-28(39)38(30)18-29(40)43-32(2,3)4/h5-12,14-16,25,30H,1,13,17-18H2,2-4H3,(H,37,41)/t25-,30+,33-/m0/s1. The highest BCUT2D eigenvalue weighted by molar-refractivity contribution is 14.1. The average molecular weight is 733 g/mol. The van der Waals surface area contributed by atoms with Gasteiger partial charge in [-0.25, -0.2) is 0 Å². The minimum atomic E-state index is -1.39. The molecule has 43 heavy (non-hydrogen) atoms. The van der Waals surface area contributed by atoms with E-state index in [1.165, 1.54) is 4.90 Å². The van der Waals surface area contributed by atoms with Crippen LogP contribution in [0.3, 0.4) is 0 Å². The second-order valence-electron chi connectivity index (χ2n) is 11.6. The Morgan fingerprint density at radius 1 is 1.12 bits per heavy atom. The van der Waals surface area contributed by atoms with Crippen LogP contribution in [0.5, 0.6) is 5.75 Å². The van der Waals surface area contributed by atoms with Crippen molar-refractivity contribution in [3.63, 3.8) is 0 Å². The summed E-state index contributed by atoms with van der Waals surface area (Å²) < 4.78 is 12.6. The lowest BCUT2D eigenvalue weighted by molar-refractivity contribution is -0.164. The first kappa shape index (κ1) is 31.3. The number of carbonyl (C=O) groups is 3. The van der Waals surface area contributed by atoms with E-state index in [-0.39, 0.29) is 31.4 Å². The molecule has 0 aliphatic carbocycles. The molecule has 224 valence electrons. The number of hydrogen-bond donors (Lipinski definition) is 1. The third kappa shape index (κ3) is 6.01. The highest BCUT2D eigenvalue weighted by atomic mass is 127. The maximum atomic E-state index is 14.6. The molecule has 0 saturated carbocycles. The minimum absolute atomic E-state index is 0.0537. The molecule has 7 nitrogen and oxygen atoms in total. The monoisotopic (exact) mass is 732 g/mol. The van der Waals surface area contributed by atoms with Crippen LogP contribution in [-0.2, 0) is 24.5 Å². The zero-order valence-electron chi connectivity index (χ0n) is 24.0. The molecule has 3 atom stereocenters. The first-order valence-electron chi connectivity index (χ1n) is 13.8. The van der Waals surface area contributed by atoms with Crippen molar-refractivity contribution in [1.82, 2.24) is 4.90 Å². The molecule has 1 N–H and O–H groups in total. The zero-order chi connectivity index (χ0) is 31.1. The van der Waals surface area contributed by atoms with Crippen LogP contribution >= 0.6 is 45.8 Å². The van der Waals surface area contributed by atoms with Crippen LogP contribution in [0.25, 0.3) is 0 Å². The fourth-order valence-electron chi connectivity index (χ4n) is 6.20. The van der Waals surface area contributed by atoms with Gasteiger partial charge in [0.2, 0.25) is 11.8 Å². The van der Waals surface area contributed by atoms with Gasteiger partial charge in [0.25, 0.3) is 0 Å². The number of esters is 1. The predicted octanol–water partition coefficient (Wildman–Crippen LogP) is 7.45. The molecule has 0 bridgehead atoms. The number of halogens is 3. The third-order valence-electron chi connectivity index (χ3n) is 7.64. The summed E-state index contributed by atoms with van der Waals surface area (Å²) >= 11 is 15.0. The summed E-state index contributed by atoms with van der Waals surface area (Å²) in [5.41, 5.74) is 0.334. The number of likely N-dealkylation sites (tertiary alicyclic amines) is 1. The Morgan fingerprint density at radius 3 is 2.56 bits per heavy atom. The quantitative estimate of drug-likeness (QED) is 0.155. The molecular weight excluding hydrogens is 702 g/mol. The molecule has 1 spiro atoms. The second kappa shape index (κ2) is 12.1. The van der Waals surface area contributed by atoms with Gasteiger partial charge in [0.05, 0.1) is 6.04 Å². The number of hydrogen-bond acceptors (Lipinski definition) is 5. The summed E-state index contributed by atoms with van der Waals surface area (Å²) in [6.07, 6.45) is 1.57. The second-order valence-corrected chi connectivity index (χ2v) is 13.7. The lowest BCUT2D eigenvalue weighted by Crippen LogP contribution is -2.59. The molecule has 3 aromatic rings. The Morgan fingerprint density at radius 2 is 1.86 bits per heavy atom. The first-order chi connectivity index (χ1) is 20.3. The van der Waals surface area contributed by atoms with Gasteiger partial charge in [-0.1, -0.05) is 54.1 Å². The Balaban J connectivity index is 1.84. The van der Waals surface area contributed by atoms with E-state index in [2.05, 4.69) is 34.5 Å². The van der Waals surface area contributed by atoms with Gasteiger partial charge in [0.15, 0.2) is 0 Å². The summed E-state index contributed by atoms with van der Waals surface area (Å²) in [5.74, 6) is -1.40. The Kier molecular flexibility index (Phi) is 8.84. The van der Waals surface area contributed by atoms with Gasteiger partial charge in [0, 0.05) is 37.2 Å². The molecule has 3 aromatic carbocycles. The van der Waals surface area contributed by atoms with Crippen molar-refractivity contribution in [1.29, 1.82) is 0 Å². The molecular formula is C33H31Cl2IN2O5. The molecule has 5 rings (SSSR count). The number of ether oxygens (including phenoxy) is 2. The fourth-order valence-corrected chi connectivity index (χ4v) is 7.09. The van der Waals surface area contributed by atoms with Crippen molar-refractivity contribution in [2.24, 2.45) is 0 Å². The van der Waals surface area contributed by atoms with Crippen LogP contribution in [0.15, 0.2) is 73.3 Å². The summed E-state index contributed by atoms with van der Waals surface area (Å²) in [6, 6.07) is 17.1. The number of carbonyl (C=O) groups excluding carboxylic acids is 3. The molecule has 0 radical (unpaired) electrons. The van der Waals surface area contributed by atoms with Crippen LogP contribution < -0.4 is 10.1 Å². The van der Waals surface area contributed by atoms with E-state index >= 15 is 0 Å². The number of nitrogens with zero attached hydrogens (tertiary/aromatic N) is 1. The van der Waals surface area contributed by atoms with Gasteiger partial charge in [-0.2, -0.15) is 0 Å². The Labute approximate surface area is 274 Å². The van der Waals surface area contributed by atoms with E-state index in [1.54, 1.807) is 57.2 Å². The molecule has 2 amide bonds. The van der Waals surface area contributed by atoms with E-state index < -0.39 is 28.9 Å². The average Bonchev–Trinajstić information content (AvgIpc) is 3.19. The lowest BCUT2D eigenvalue weighted by Gasteiger charge is -2.51. The topological polar surface area (TPSA) is 84.9 Å². The SMILES string of the molecule is C=CCOc1ccc(I)cc1[C@H]1N(CC(=O)OC(C)(C)C)C(=O)C[C@@H](c2cccc(Cl)c2)[C@]12C(=O)Nc1cc(Cl)ccc12. The number of anilines is 1. The normalized spacial score (nSPS) is 21.4. The Hall–Kier alpha value is -3.08. The molecule has 0 aromatic heterocycles. The van der Waals surface area contributed by atoms with Gasteiger partial charge < -0.3 is 19.7 Å². The lowest BCUT2D eigenvalue weighted by atomic mass is 9.58. The summed E-state index contributed by atoms with van der Waals surface area (Å²) in [4.78, 5) is 43.7. The maximum absolute atomic E-state index is 14.6. The maximum Gasteiger partial charge on any atom is 0.326 e. The van der Waals surface area contributed by atoms with Gasteiger partial charge in [-0.3, -0.25) is 14.4 Å². The van der Waals surface area contributed by atoms with Crippen LogP contribution in [-0.4, -0.2) is 41.4 Å². The smallest absolute Gasteiger partial charge is 0.326 e. The number of rotatable bonds is 7. The largest absolute Gasteiger partial charge is 0.489 e. The molecule has 1 saturated heterocycles. The number of benzene rings is 3. The molecule has 2 heterocycles. The van der Waals surface area contributed by atoms with E-state index in [1.807, 2.05) is 30.3 Å². The van der Waals surface area contributed by atoms with E-state index in [0.717, 1.165) is 9.13 Å². The van der Waals surface area contributed by atoms with E-state index in [9.17, 15) is 14.4 Å². The summed E-state index contributed by atoms with van der Waals surface area (Å²) in [6.45, 7) is 8.90. The van der Waals surface area contributed by atoms with Crippen LogP contribution in [0.4, 0.5) is 5.69 Å². The highest BCUT2D eigenvalue weighted by Crippen LogP contribution is 2.61. The third-order valence-corrected chi connectivity index (χ3v) is 8.78. The first-order valence-corrected chi connectivity index (χ1v) is 15.6. The van der Waals surface area contributed by atoms with Crippen LogP contribution in [0.1, 0.15) is 55.8 Å². The fraction of sp³-hybridized carbons (Fsp3) is 0.303.